The van der Waals surface area contributed by atoms with Crippen LogP contribution in [0.5, 0.6) is 0 Å². The van der Waals surface area contributed by atoms with E-state index in [1.165, 1.54) is 0 Å². The molecule has 0 aromatic heterocycles. The number of benzene rings is 1. The number of anilines is 1. The third kappa shape index (κ3) is 3.27. The second-order valence-corrected chi connectivity index (χ2v) is 6.67. The Bertz CT molecular complexity index is 655. The highest BCUT2D eigenvalue weighted by Gasteiger charge is 2.40. The molecule has 2 aliphatic heterocycles. The highest BCUT2D eigenvalue weighted by atomic mass is 16.4. The van der Waals surface area contributed by atoms with Gasteiger partial charge in [-0.1, -0.05) is 17.7 Å². The van der Waals surface area contributed by atoms with Crippen LogP contribution in [-0.4, -0.2) is 46.9 Å². The molecule has 2 fully saturated rings. The minimum Gasteiger partial charge on any atom is -0.481 e. The minimum absolute atomic E-state index is 0.0198. The SMILES string of the molecule is Cc1ccc(N2CC(C(=O)N3CCCC3CC(=O)O)CC2=O)cc1. The van der Waals surface area contributed by atoms with E-state index in [1.54, 1.807) is 9.80 Å². The summed E-state index contributed by atoms with van der Waals surface area (Å²) >= 11 is 0. The third-order valence-electron chi connectivity index (χ3n) is 4.89. The van der Waals surface area contributed by atoms with Gasteiger partial charge < -0.3 is 14.9 Å². The zero-order valence-corrected chi connectivity index (χ0v) is 13.8. The van der Waals surface area contributed by atoms with Crippen LogP contribution in [-0.2, 0) is 14.4 Å². The summed E-state index contributed by atoms with van der Waals surface area (Å²) in [6.07, 6.45) is 1.73. The van der Waals surface area contributed by atoms with Crippen LogP contribution in [0.3, 0.4) is 0 Å². The number of carboxylic acids is 1. The Hall–Kier alpha value is -2.37. The monoisotopic (exact) mass is 330 g/mol. The van der Waals surface area contributed by atoms with Crippen LogP contribution in [0.25, 0.3) is 0 Å². The molecule has 2 unspecified atom stereocenters. The molecule has 0 aliphatic carbocycles. The Kier molecular flexibility index (Phi) is 4.55. The standard InChI is InChI=1S/C18H22N2O4/c1-12-4-6-14(7-5-12)20-11-13(9-16(20)21)18(24)19-8-2-3-15(19)10-17(22)23/h4-7,13,15H,2-3,8-11H2,1H3,(H,22,23). The summed E-state index contributed by atoms with van der Waals surface area (Å²) in [5.41, 5.74) is 1.93. The number of carbonyl (C=O) groups is 3. The van der Waals surface area contributed by atoms with E-state index in [9.17, 15) is 14.4 Å². The van der Waals surface area contributed by atoms with Gasteiger partial charge in [-0.2, -0.15) is 0 Å². The number of nitrogens with zero attached hydrogens (tertiary/aromatic N) is 2. The Morgan fingerprint density at radius 3 is 2.62 bits per heavy atom. The first-order valence-corrected chi connectivity index (χ1v) is 8.35. The van der Waals surface area contributed by atoms with Gasteiger partial charge in [-0.25, -0.2) is 0 Å². The molecular formula is C18H22N2O4. The number of amides is 2. The lowest BCUT2D eigenvalue weighted by molar-refractivity contribution is -0.141. The van der Waals surface area contributed by atoms with Crippen LogP contribution in [0.1, 0.15) is 31.2 Å². The number of hydrogen-bond donors (Lipinski definition) is 1. The van der Waals surface area contributed by atoms with Crippen molar-refractivity contribution < 1.29 is 19.5 Å². The average Bonchev–Trinajstić information content (AvgIpc) is 3.14. The lowest BCUT2D eigenvalue weighted by Gasteiger charge is -2.26. The van der Waals surface area contributed by atoms with E-state index in [0.717, 1.165) is 24.1 Å². The van der Waals surface area contributed by atoms with Gasteiger partial charge in [-0.15, -0.1) is 0 Å². The number of aryl methyl sites for hydroxylation is 1. The summed E-state index contributed by atoms with van der Waals surface area (Å²) in [7, 11) is 0. The predicted octanol–water partition coefficient (Wildman–Crippen LogP) is 1.81. The first-order valence-electron chi connectivity index (χ1n) is 8.35. The van der Waals surface area contributed by atoms with Crippen molar-refractivity contribution in [1.29, 1.82) is 0 Å². The number of hydrogen-bond acceptors (Lipinski definition) is 3. The Morgan fingerprint density at radius 1 is 1.25 bits per heavy atom. The smallest absolute Gasteiger partial charge is 0.305 e. The fourth-order valence-electron chi connectivity index (χ4n) is 3.62. The second kappa shape index (κ2) is 6.63. The molecule has 2 heterocycles. The van der Waals surface area contributed by atoms with Crippen molar-refractivity contribution in [2.24, 2.45) is 5.92 Å². The van der Waals surface area contributed by atoms with E-state index in [1.807, 2.05) is 31.2 Å². The van der Waals surface area contributed by atoms with E-state index >= 15 is 0 Å². The molecule has 6 heteroatoms. The molecular weight excluding hydrogens is 308 g/mol. The molecule has 24 heavy (non-hydrogen) atoms. The van der Waals surface area contributed by atoms with Crippen molar-refractivity contribution >= 4 is 23.5 Å². The van der Waals surface area contributed by atoms with Gasteiger partial charge in [0.15, 0.2) is 0 Å². The van der Waals surface area contributed by atoms with Crippen LogP contribution in [0.15, 0.2) is 24.3 Å². The van der Waals surface area contributed by atoms with Crippen LogP contribution in [0.2, 0.25) is 0 Å². The Balaban J connectivity index is 1.69. The fraction of sp³-hybridized carbons (Fsp3) is 0.500. The van der Waals surface area contributed by atoms with Crippen molar-refractivity contribution in [3.63, 3.8) is 0 Å². The summed E-state index contributed by atoms with van der Waals surface area (Å²) in [6.45, 7) is 2.95. The van der Waals surface area contributed by atoms with Crippen LogP contribution in [0, 0.1) is 12.8 Å². The molecule has 1 aromatic carbocycles. The quantitative estimate of drug-likeness (QED) is 0.913. The number of carboxylic acid groups (broad SMARTS) is 1. The van der Waals surface area contributed by atoms with Crippen LogP contribution in [0.4, 0.5) is 5.69 Å². The van der Waals surface area contributed by atoms with E-state index in [0.29, 0.717) is 13.1 Å². The lowest BCUT2D eigenvalue weighted by Crippen LogP contribution is -2.41. The molecule has 0 spiro atoms. The fourth-order valence-corrected chi connectivity index (χ4v) is 3.62. The lowest BCUT2D eigenvalue weighted by atomic mass is 10.1. The summed E-state index contributed by atoms with van der Waals surface area (Å²) in [5, 5.41) is 8.99. The van der Waals surface area contributed by atoms with Crippen molar-refractivity contribution in [2.75, 3.05) is 18.0 Å². The normalized spacial score (nSPS) is 23.8. The maximum atomic E-state index is 12.8. The average molecular weight is 330 g/mol. The molecule has 2 atom stereocenters. The maximum Gasteiger partial charge on any atom is 0.305 e. The summed E-state index contributed by atoms with van der Waals surface area (Å²) in [4.78, 5) is 39.4. The summed E-state index contributed by atoms with van der Waals surface area (Å²) < 4.78 is 0. The third-order valence-corrected chi connectivity index (χ3v) is 4.89. The van der Waals surface area contributed by atoms with E-state index in [-0.39, 0.29) is 36.6 Å². The molecule has 3 rings (SSSR count). The first-order chi connectivity index (χ1) is 11.5. The molecule has 0 radical (unpaired) electrons. The molecule has 6 nitrogen and oxygen atoms in total. The zero-order valence-electron chi connectivity index (χ0n) is 13.8. The van der Waals surface area contributed by atoms with Crippen LogP contribution >= 0.6 is 0 Å². The van der Waals surface area contributed by atoms with Gasteiger partial charge in [0.1, 0.15) is 0 Å². The van der Waals surface area contributed by atoms with Gasteiger partial charge in [0.25, 0.3) is 0 Å². The molecule has 1 N–H and O–H groups in total. The number of likely N-dealkylation sites (tertiary alicyclic amines) is 1. The van der Waals surface area contributed by atoms with Crippen molar-refractivity contribution in [2.45, 2.75) is 38.6 Å². The second-order valence-electron chi connectivity index (χ2n) is 6.67. The predicted molar refractivity (Wildman–Crippen MR) is 88.6 cm³/mol. The van der Waals surface area contributed by atoms with Crippen LogP contribution < -0.4 is 4.90 Å². The van der Waals surface area contributed by atoms with E-state index in [4.69, 9.17) is 5.11 Å². The van der Waals surface area contributed by atoms with Crippen molar-refractivity contribution in [3.8, 4) is 0 Å². The van der Waals surface area contributed by atoms with E-state index < -0.39 is 5.97 Å². The Morgan fingerprint density at radius 2 is 1.96 bits per heavy atom. The number of rotatable bonds is 4. The molecule has 2 aliphatic rings. The van der Waals surface area contributed by atoms with Gasteiger partial charge >= 0.3 is 5.97 Å². The molecule has 0 saturated carbocycles. The largest absolute Gasteiger partial charge is 0.481 e. The Labute approximate surface area is 141 Å². The van der Waals surface area contributed by atoms with Crippen molar-refractivity contribution in [3.05, 3.63) is 29.8 Å². The summed E-state index contributed by atoms with van der Waals surface area (Å²) in [5.74, 6) is -1.40. The van der Waals surface area contributed by atoms with Gasteiger partial charge in [0, 0.05) is 31.2 Å². The molecule has 2 saturated heterocycles. The van der Waals surface area contributed by atoms with Gasteiger partial charge in [-0.3, -0.25) is 14.4 Å². The zero-order chi connectivity index (χ0) is 17.3. The number of aliphatic carboxylic acids is 1. The van der Waals surface area contributed by atoms with Crippen molar-refractivity contribution in [1.82, 2.24) is 4.90 Å². The highest BCUT2D eigenvalue weighted by Crippen LogP contribution is 2.29. The molecule has 0 bridgehead atoms. The van der Waals surface area contributed by atoms with Gasteiger partial charge in [0.05, 0.1) is 12.3 Å². The number of carbonyl (C=O) groups excluding carboxylic acids is 2. The molecule has 1 aromatic rings. The summed E-state index contributed by atoms with van der Waals surface area (Å²) in [6, 6.07) is 7.44. The highest BCUT2D eigenvalue weighted by molar-refractivity contribution is 6.00. The van der Waals surface area contributed by atoms with Gasteiger partial charge in [0.2, 0.25) is 11.8 Å². The van der Waals surface area contributed by atoms with Gasteiger partial charge in [-0.05, 0) is 31.9 Å². The maximum absolute atomic E-state index is 12.8. The first kappa shape index (κ1) is 16.5. The minimum atomic E-state index is -0.886. The topological polar surface area (TPSA) is 77.9 Å². The molecule has 128 valence electrons. The molecule has 2 amide bonds. The van der Waals surface area contributed by atoms with E-state index in [2.05, 4.69) is 0 Å².